The molecule has 100 valence electrons. The van der Waals surface area contributed by atoms with Crippen molar-refractivity contribution >= 4 is 34.4 Å². The van der Waals surface area contributed by atoms with Crippen molar-refractivity contribution in [2.75, 3.05) is 11.1 Å². The SMILES string of the molecule is Nc1cccc(Cl)c1NC(=O)c1cnn2ccccc12. The number of fused-ring (bicyclic) bond motifs is 1. The van der Waals surface area contributed by atoms with Crippen molar-refractivity contribution in [3.8, 4) is 0 Å². The smallest absolute Gasteiger partial charge is 0.259 e. The van der Waals surface area contributed by atoms with Gasteiger partial charge < -0.3 is 11.1 Å². The molecule has 3 rings (SSSR count). The van der Waals surface area contributed by atoms with Crippen molar-refractivity contribution in [1.82, 2.24) is 9.61 Å². The average Bonchev–Trinajstić information content (AvgIpc) is 2.87. The highest BCUT2D eigenvalue weighted by Gasteiger charge is 2.15. The Morgan fingerprint density at radius 2 is 2.10 bits per heavy atom. The minimum absolute atomic E-state index is 0.300. The number of hydrogen-bond donors (Lipinski definition) is 2. The molecule has 0 spiro atoms. The number of aromatic nitrogens is 2. The van der Waals surface area contributed by atoms with Crippen LogP contribution in [0.2, 0.25) is 5.02 Å². The number of para-hydroxylation sites is 1. The summed E-state index contributed by atoms with van der Waals surface area (Å²) in [6, 6.07) is 10.6. The number of halogens is 1. The Balaban J connectivity index is 1.98. The standard InChI is InChI=1S/C14H11ClN4O/c15-10-4-3-5-11(16)13(10)18-14(20)9-8-17-19-7-2-1-6-12(9)19/h1-8H,16H2,(H,18,20). The number of pyridine rings is 1. The summed E-state index contributed by atoms with van der Waals surface area (Å²) in [5, 5.41) is 7.24. The first kappa shape index (κ1) is 12.5. The van der Waals surface area contributed by atoms with Gasteiger partial charge in [-0.3, -0.25) is 4.79 Å². The zero-order valence-corrected chi connectivity index (χ0v) is 11.1. The Hall–Kier alpha value is -2.53. The lowest BCUT2D eigenvalue weighted by molar-refractivity contribution is 0.102. The number of hydrogen-bond acceptors (Lipinski definition) is 3. The highest BCUT2D eigenvalue weighted by Crippen LogP contribution is 2.28. The number of benzene rings is 1. The summed E-state index contributed by atoms with van der Waals surface area (Å²) in [6.45, 7) is 0. The molecule has 1 amide bonds. The Morgan fingerprint density at radius 1 is 1.25 bits per heavy atom. The monoisotopic (exact) mass is 286 g/mol. The minimum atomic E-state index is -0.300. The number of carbonyl (C=O) groups excluding carboxylic acids is 1. The van der Waals surface area contributed by atoms with Gasteiger partial charge in [0.2, 0.25) is 0 Å². The first-order valence-electron chi connectivity index (χ1n) is 5.94. The molecule has 2 heterocycles. The van der Waals surface area contributed by atoms with E-state index >= 15 is 0 Å². The van der Waals surface area contributed by atoms with Gasteiger partial charge in [0.15, 0.2) is 0 Å². The summed E-state index contributed by atoms with van der Waals surface area (Å²) in [5.41, 5.74) is 7.83. The molecule has 5 nitrogen and oxygen atoms in total. The maximum absolute atomic E-state index is 12.3. The molecule has 6 heteroatoms. The molecule has 0 aliphatic heterocycles. The number of nitrogens with two attached hydrogens (primary N) is 1. The molecule has 0 aliphatic carbocycles. The Morgan fingerprint density at radius 3 is 2.90 bits per heavy atom. The first-order chi connectivity index (χ1) is 9.66. The second-order valence-electron chi connectivity index (χ2n) is 4.25. The lowest BCUT2D eigenvalue weighted by Gasteiger charge is -2.09. The van der Waals surface area contributed by atoms with Crippen LogP contribution in [0.25, 0.3) is 5.52 Å². The molecule has 0 saturated heterocycles. The van der Waals surface area contributed by atoms with Crippen LogP contribution in [0.5, 0.6) is 0 Å². The summed E-state index contributed by atoms with van der Waals surface area (Å²) in [7, 11) is 0. The Kier molecular flexibility index (Phi) is 3.04. The fraction of sp³-hybridized carbons (Fsp3) is 0. The maximum Gasteiger partial charge on any atom is 0.259 e. The molecule has 0 radical (unpaired) electrons. The van der Waals surface area contributed by atoms with Gasteiger partial charge in [0, 0.05) is 6.20 Å². The van der Waals surface area contributed by atoms with Crippen LogP contribution >= 0.6 is 11.6 Å². The Bertz CT molecular complexity index is 776. The van der Waals surface area contributed by atoms with Gasteiger partial charge in [-0.05, 0) is 24.3 Å². The number of nitrogen functional groups attached to an aromatic ring is 1. The molecule has 0 bridgehead atoms. The van der Waals surface area contributed by atoms with E-state index < -0.39 is 0 Å². The van der Waals surface area contributed by atoms with E-state index in [1.165, 1.54) is 6.20 Å². The summed E-state index contributed by atoms with van der Waals surface area (Å²) in [6.07, 6.45) is 3.29. The second-order valence-corrected chi connectivity index (χ2v) is 4.65. The van der Waals surface area contributed by atoms with Crippen LogP contribution in [0.15, 0.2) is 48.8 Å². The lowest BCUT2D eigenvalue weighted by Crippen LogP contribution is -2.13. The molecule has 0 atom stereocenters. The molecule has 0 aliphatic rings. The molecule has 0 fully saturated rings. The zero-order chi connectivity index (χ0) is 14.1. The largest absolute Gasteiger partial charge is 0.397 e. The summed E-state index contributed by atoms with van der Waals surface area (Å²) < 4.78 is 1.63. The quantitative estimate of drug-likeness (QED) is 0.712. The molecule has 3 N–H and O–H groups in total. The van der Waals surface area contributed by atoms with E-state index in [0.29, 0.717) is 22.0 Å². The van der Waals surface area contributed by atoms with E-state index in [1.54, 1.807) is 28.9 Å². The van der Waals surface area contributed by atoms with E-state index in [-0.39, 0.29) is 5.91 Å². The van der Waals surface area contributed by atoms with Crippen LogP contribution in [0.4, 0.5) is 11.4 Å². The predicted octanol–water partition coefficient (Wildman–Crippen LogP) is 2.82. The van der Waals surface area contributed by atoms with Gasteiger partial charge in [0.1, 0.15) is 0 Å². The van der Waals surface area contributed by atoms with Crippen LogP contribution in [0.3, 0.4) is 0 Å². The highest BCUT2D eigenvalue weighted by atomic mass is 35.5. The van der Waals surface area contributed by atoms with Gasteiger partial charge in [-0.1, -0.05) is 23.7 Å². The summed E-state index contributed by atoms with van der Waals surface area (Å²) in [5.74, 6) is -0.300. The van der Waals surface area contributed by atoms with Gasteiger partial charge in [-0.2, -0.15) is 5.10 Å². The summed E-state index contributed by atoms with van der Waals surface area (Å²) >= 11 is 6.04. The lowest BCUT2D eigenvalue weighted by atomic mass is 10.2. The van der Waals surface area contributed by atoms with E-state index in [9.17, 15) is 4.79 Å². The van der Waals surface area contributed by atoms with Crippen molar-refractivity contribution in [1.29, 1.82) is 0 Å². The van der Waals surface area contributed by atoms with Crippen molar-refractivity contribution in [2.24, 2.45) is 0 Å². The fourth-order valence-electron chi connectivity index (χ4n) is 1.96. The molecule has 2 aromatic heterocycles. The molecular weight excluding hydrogens is 276 g/mol. The van der Waals surface area contributed by atoms with E-state index in [1.807, 2.05) is 18.2 Å². The number of rotatable bonds is 2. The molecule has 0 unspecified atom stereocenters. The number of nitrogens with zero attached hydrogens (tertiary/aromatic N) is 2. The number of carbonyl (C=O) groups is 1. The third-order valence-corrected chi connectivity index (χ3v) is 3.27. The number of amides is 1. The predicted molar refractivity (Wildman–Crippen MR) is 79.0 cm³/mol. The molecular formula is C14H11ClN4O. The van der Waals surface area contributed by atoms with Crippen LogP contribution in [0.1, 0.15) is 10.4 Å². The number of nitrogens with one attached hydrogen (secondary N) is 1. The first-order valence-corrected chi connectivity index (χ1v) is 6.32. The molecule has 3 aromatic rings. The zero-order valence-electron chi connectivity index (χ0n) is 10.4. The van der Waals surface area contributed by atoms with Gasteiger partial charge in [-0.15, -0.1) is 0 Å². The topological polar surface area (TPSA) is 72.4 Å². The minimum Gasteiger partial charge on any atom is -0.397 e. The second kappa shape index (κ2) is 4.86. The van der Waals surface area contributed by atoms with Crippen molar-refractivity contribution in [3.63, 3.8) is 0 Å². The van der Waals surface area contributed by atoms with Gasteiger partial charge in [-0.25, -0.2) is 4.52 Å². The maximum atomic E-state index is 12.3. The van der Waals surface area contributed by atoms with E-state index in [0.717, 1.165) is 5.52 Å². The van der Waals surface area contributed by atoms with E-state index in [4.69, 9.17) is 17.3 Å². The Labute approximate surface area is 120 Å². The molecule has 20 heavy (non-hydrogen) atoms. The number of anilines is 2. The van der Waals surface area contributed by atoms with Gasteiger partial charge in [0.25, 0.3) is 5.91 Å². The van der Waals surface area contributed by atoms with Crippen molar-refractivity contribution in [3.05, 3.63) is 59.4 Å². The van der Waals surface area contributed by atoms with Crippen LogP contribution in [-0.2, 0) is 0 Å². The normalized spacial score (nSPS) is 10.7. The molecule has 1 aromatic carbocycles. The molecule has 0 saturated carbocycles. The third-order valence-electron chi connectivity index (χ3n) is 2.96. The van der Waals surface area contributed by atoms with Crippen molar-refractivity contribution < 1.29 is 4.79 Å². The van der Waals surface area contributed by atoms with E-state index in [2.05, 4.69) is 10.4 Å². The fourth-order valence-corrected chi connectivity index (χ4v) is 2.19. The van der Waals surface area contributed by atoms with Gasteiger partial charge >= 0.3 is 0 Å². The van der Waals surface area contributed by atoms with Crippen LogP contribution < -0.4 is 11.1 Å². The average molecular weight is 287 g/mol. The van der Waals surface area contributed by atoms with Gasteiger partial charge in [0.05, 0.1) is 33.7 Å². The third kappa shape index (κ3) is 2.08. The van der Waals surface area contributed by atoms with Crippen LogP contribution in [-0.4, -0.2) is 15.5 Å². The summed E-state index contributed by atoms with van der Waals surface area (Å²) in [4.78, 5) is 12.3. The highest BCUT2D eigenvalue weighted by molar-refractivity contribution is 6.34. The van der Waals surface area contributed by atoms with Crippen LogP contribution in [0, 0.1) is 0 Å². The van der Waals surface area contributed by atoms with Crippen molar-refractivity contribution in [2.45, 2.75) is 0 Å².